The number of hydrogen-bond donors (Lipinski definition) is 3. The van der Waals surface area contributed by atoms with E-state index in [1.165, 1.54) is 31.5 Å². The second-order valence-electron chi connectivity index (χ2n) is 7.74. The molecule has 1 aromatic carbocycles. The van der Waals surface area contributed by atoms with E-state index in [1.807, 2.05) is 6.07 Å². The average Bonchev–Trinajstić information content (AvgIpc) is 3.20. The van der Waals surface area contributed by atoms with Gasteiger partial charge in [-0.2, -0.15) is 0 Å². The lowest BCUT2D eigenvalue weighted by atomic mass is 10.0. The molecule has 0 fully saturated rings. The lowest BCUT2D eigenvalue weighted by molar-refractivity contribution is -0.119. The van der Waals surface area contributed by atoms with Crippen LogP contribution >= 0.6 is 11.6 Å². The molecule has 0 aliphatic rings. The van der Waals surface area contributed by atoms with Crippen molar-refractivity contribution in [1.29, 1.82) is 0 Å². The van der Waals surface area contributed by atoms with E-state index in [0.717, 1.165) is 10.9 Å². The largest absolute Gasteiger partial charge is 0.352 e. The number of aromatic nitrogens is 3. The van der Waals surface area contributed by atoms with Gasteiger partial charge in [0.2, 0.25) is 5.91 Å². The normalized spacial score (nSPS) is 10.9. The van der Waals surface area contributed by atoms with Gasteiger partial charge in [0.1, 0.15) is 5.65 Å². The third-order valence-electron chi connectivity index (χ3n) is 5.21. The van der Waals surface area contributed by atoms with E-state index in [-0.39, 0.29) is 48.0 Å². The number of aromatic amines is 1. The summed E-state index contributed by atoms with van der Waals surface area (Å²) in [5, 5.41) is 6.53. The molecule has 174 valence electrons. The van der Waals surface area contributed by atoms with Crippen molar-refractivity contribution in [1.82, 2.24) is 25.6 Å². The van der Waals surface area contributed by atoms with E-state index in [0.29, 0.717) is 16.2 Å². The predicted octanol–water partition coefficient (Wildman–Crippen LogP) is 4.05. The number of nitrogens with zero attached hydrogens (tertiary/aromatic N) is 2. The Balaban J connectivity index is 1.44. The van der Waals surface area contributed by atoms with E-state index in [9.17, 15) is 18.4 Å². The smallest absolute Gasteiger partial charge is 0.253 e. The minimum atomic E-state index is -1.01. The lowest BCUT2D eigenvalue weighted by Crippen LogP contribution is -2.23. The topological polar surface area (TPSA) is 99.8 Å². The number of hydrogen-bond acceptors (Lipinski definition) is 4. The Kier molecular flexibility index (Phi) is 6.83. The number of carbonyl (C=O) groups is 2. The number of benzene rings is 1. The minimum Gasteiger partial charge on any atom is -0.352 e. The van der Waals surface area contributed by atoms with Gasteiger partial charge in [0, 0.05) is 62.2 Å². The number of pyridine rings is 2. The van der Waals surface area contributed by atoms with Gasteiger partial charge in [-0.1, -0.05) is 23.7 Å². The number of halogens is 3. The summed E-state index contributed by atoms with van der Waals surface area (Å²) in [7, 11) is 0. The first-order chi connectivity index (χ1) is 16.3. The van der Waals surface area contributed by atoms with Crippen LogP contribution in [0, 0.1) is 11.6 Å². The molecule has 0 unspecified atom stereocenters. The number of H-pyrrole nitrogens is 1. The predicted molar refractivity (Wildman–Crippen MR) is 123 cm³/mol. The molecule has 4 aromatic rings. The van der Waals surface area contributed by atoms with E-state index >= 15 is 0 Å². The number of fused-ring (bicyclic) bond motifs is 1. The van der Waals surface area contributed by atoms with Gasteiger partial charge in [-0.3, -0.25) is 14.6 Å². The van der Waals surface area contributed by atoms with Crippen LogP contribution in [0.1, 0.15) is 39.5 Å². The third-order valence-corrected chi connectivity index (χ3v) is 5.52. The number of carbonyl (C=O) groups excluding carboxylic acids is 2. The highest BCUT2D eigenvalue weighted by molar-refractivity contribution is 6.35. The number of rotatable bonds is 7. The SMILES string of the molecule is CC(=O)NCc1ccc(Cc2cncc(C(=O)NCc3cnc4[nH]cc(Cl)c4c3)c2)c(F)c1F. The van der Waals surface area contributed by atoms with Crippen LogP contribution < -0.4 is 10.6 Å². The molecule has 0 saturated carbocycles. The maximum absolute atomic E-state index is 14.6. The average molecular weight is 484 g/mol. The Morgan fingerprint density at radius 2 is 1.76 bits per heavy atom. The Bertz CT molecular complexity index is 1390. The van der Waals surface area contributed by atoms with E-state index in [2.05, 4.69) is 25.6 Å². The van der Waals surface area contributed by atoms with Crippen LogP contribution in [0.25, 0.3) is 11.0 Å². The molecular weight excluding hydrogens is 464 g/mol. The van der Waals surface area contributed by atoms with E-state index in [1.54, 1.807) is 18.5 Å². The van der Waals surface area contributed by atoms with Crippen molar-refractivity contribution < 1.29 is 18.4 Å². The summed E-state index contributed by atoms with van der Waals surface area (Å²) in [5.74, 6) is -2.72. The van der Waals surface area contributed by atoms with Crippen molar-refractivity contribution in [2.24, 2.45) is 0 Å². The molecule has 7 nitrogen and oxygen atoms in total. The molecule has 0 aliphatic heterocycles. The van der Waals surface area contributed by atoms with E-state index < -0.39 is 11.6 Å². The van der Waals surface area contributed by atoms with Crippen LogP contribution in [0.4, 0.5) is 8.78 Å². The molecule has 4 rings (SSSR count). The van der Waals surface area contributed by atoms with Crippen LogP contribution in [-0.2, 0) is 24.3 Å². The Morgan fingerprint density at radius 3 is 2.56 bits per heavy atom. The number of amides is 2. The van der Waals surface area contributed by atoms with Crippen molar-refractivity contribution in [2.45, 2.75) is 26.4 Å². The van der Waals surface area contributed by atoms with E-state index in [4.69, 9.17) is 11.6 Å². The highest BCUT2D eigenvalue weighted by Gasteiger charge is 2.15. The van der Waals surface area contributed by atoms with Crippen LogP contribution in [-0.4, -0.2) is 26.8 Å². The standard InChI is InChI=1S/C24H20ClF2N5O2/c1-13(33)29-11-17-3-2-16(21(26)22(17)27)4-14-5-18(10-28-7-14)24(34)32-9-15-6-19-20(25)12-31-23(19)30-8-15/h2-3,5-8,10,12H,4,9,11H2,1H3,(H,29,33)(H,30,31)(H,32,34). The summed E-state index contributed by atoms with van der Waals surface area (Å²) < 4.78 is 28.9. The molecule has 0 aliphatic carbocycles. The summed E-state index contributed by atoms with van der Waals surface area (Å²) in [6.07, 6.45) is 6.22. The fourth-order valence-electron chi connectivity index (χ4n) is 3.45. The van der Waals surface area contributed by atoms with Gasteiger partial charge in [-0.25, -0.2) is 13.8 Å². The highest BCUT2D eigenvalue weighted by Crippen LogP contribution is 2.22. The molecule has 10 heteroatoms. The van der Waals surface area contributed by atoms with Crippen LogP contribution in [0.15, 0.2) is 49.1 Å². The first-order valence-corrected chi connectivity index (χ1v) is 10.7. The molecular formula is C24H20ClF2N5O2. The first kappa shape index (κ1) is 23.3. The first-order valence-electron chi connectivity index (χ1n) is 10.4. The van der Waals surface area contributed by atoms with Gasteiger partial charge >= 0.3 is 0 Å². The molecule has 3 N–H and O–H groups in total. The zero-order chi connectivity index (χ0) is 24.2. The van der Waals surface area contributed by atoms with Crippen molar-refractivity contribution in [2.75, 3.05) is 0 Å². The van der Waals surface area contributed by atoms with Gasteiger partial charge in [-0.15, -0.1) is 0 Å². The zero-order valence-electron chi connectivity index (χ0n) is 18.1. The van der Waals surface area contributed by atoms with Gasteiger partial charge in [0.25, 0.3) is 5.91 Å². The van der Waals surface area contributed by atoms with Gasteiger partial charge in [0.15, 0.2) is 11.6 Å². The van der Waals surface area contributed by atoms with Crippen LogP contribution in [0.2, 0.25) is 5.02 Å². The molecule has 3 aromatic heterocycles. The Morgan fingerprint density at radius 1 is 1.00 bits per heavy atom. The van der Waals surface area contributed by atoms with Gasteiger partial charge < -0.3 is 15.6 Å². The molecule has 0 bridgehead atoms. The molecule has 0 spiro atoms. The molecule has 0 atom stereocenters. The lowest BCUT2D eigenvalue weighted by Gasteiger charge is -2.10. The zero-order valence-corrected chi connectivity index (χ0v) is 18.8. The molecule has 0 radical (unpaired) electrons. The maximum atomic E-state index is 14.6. The summed E-state index contributed by atoms with van der Waals surface area (Å²) >= 11 is 6.11. The third kappa shape index (κ3) is 5.20. The molecule has 2 amide bonds. The Labute approximate surface area is 198 Å². The monoisotopic (exact) mass is 483 g/mol. The number of nitrogens with one attached hydrogen (secondary N) is 3. The highest BCUT2D eigenvalue weighted by atomic mass is 35.5. The minimum absolute atomic E-state index is 0.0455. The van der Waals surface area contributed by atoms with Gasteiger partial charge in [0.05, 0.1) is 10.6 Å². The summed E-state index contributed by atoms with van der Waals surface area (Å²) in [6.45, 7) is 1.42. The maximum Gasteiger partial charge on any atom is 0.253 e. The fourth-order valence-corrected chi connectivity index (χ4v) is 3.64. The summed E-state index contributed by atoms with van der Waals surface area (Å²) in [4.78, 5) is 34.9. The van der Waals surface area contributed by atoms with Crippen molar-refractivity contribution in [3.8, 4) is 0 Å². The summed E-state index contributed by atoms with van der Waals surface area (Å²) in [6, 6.07) is 6.30. The molecule has 0 saturated heterocycles. The molecule has 3 heterocycles. The van der Waals surface area contributed by atoms with Crippen LogP contribution in [0.5, 0.6) is 0 Å². The van der Waals surface area contributed by atoms with Crippen LogP contribution in [0.3, 0.4) is 0 Å². The second-order valence-corrected chi connectivity index (χ2v) is 8.15. The van der Waals surface area contributed by atoms with Crippen molar-refractivity contribution >= 4 is 34.4 Å². The Hall–Kier alpha value is -3.85. The summed E-state index contributed by atoms with van der Waals surface area (Å²) in [5.41, 5.74) is 2.42. The second kappa shape index (κ2) is 9.96. The molecule has 34 heavy (non-hydrogen) atoms. The fraction of sp³-hybridized carbons (Fsp3) is 0.167. The van der Waals surface area contributed by atoms with Gasteiger partial charge in [-0.05, 0) is 28.8 Å². The quantitative estimate of drug-likeness (QED) is 0.369. The van der Waals surface area contributed by atoms with Crippen molar-refractivity contribution in [3.63, 3.8) is 0 Å². The van der Waals surface area contributed by atoms with Crippen molar-refractivity contribution in [3.05, 3.63) is 93.5 Å².